The summed E-state index contributed by atoms with van der Waals surface area (Å²) in [7, 11) is 0. The first-order valence-electron chi connectivity index (χ1n) is 5.41. The summed E-state index contributed by atoms with van der Waals surface area (Å²) < 4.78 is 13.2. The predicted octanol–water partition coefficient (Wildman–Crippen LogP) is 0.320. The van der Waals surface area contributed by atoms with Crippen molar-refractivity contribution < 1.29 is 24.2 Å². The van der Waals surface area contributed by atoms with Crippen molar-refractivity contribution >= 4 is 11.9 Å². The van der Waals surface area contributed by atoms with Crippen LogP contribution in [-0.4, -0.2) is 34.7 Å². The second-order valence-corrected chi connectivity index (χ2v) is 3.76. The fourth-order valence-corrected chi connectivity index (χ4v) is 1.35. The number of hydrogen-bond donors (Lipinski definition) is 3. The maximum Gasteiger partial charge on any atom is 0.332 e. The summed E-state index contributed by atoms with van der Waals surface area (Å²) >= 11 is 0. The van der Waals surface area contributed by atoms with E-state index in [0.717, 1.165) is 0 Å². The van der Waals surface area contributed by atoms with E-state index < -0.39 is 23.8 Å². The number of halogens is 1. The van der Waals surface area contributed by atoms with Crippen molar-refractivity contribution in [2.45, 2.75) is 18.9 Å². The van der Waals surface area contributed by atoms with Crippen LogP contribution in [0, 0.1) is 5.82 Å². The first-order chi connectivity index (χ1) is 8.50. The molecule has 0 heterocycles. The van der Waals surface area contributed by atoms with E-state index in [1.807, 2.05) is 0 Å². The minimum absolute atomic E-state index is 0.0285. The summed E-state index contributed by atoms with van der Waals surface area (Å²) in [4.78, 5) is 21.7. The van der Waals surface area contributed by atoms with Gasteiger partial charge in [-0.3, -0.25) is 4.79 Å². The van der Waals surface area contributed by atoms with E-state index in [-0.39, 0.29) is 24.9 Å². The first kappa shape index (κ1) is 14.1. The summed E-state index contributed by atoms with van der Waals surface area (Å²) in [6.45, 7) is 0.0285. The van der Waals surface area contributed by atoms with Gasteiger partial charge in [-0.1, -0.05) is 18.2 Å². The minimum atomic E-state index is -1.50. The lowest BCUT2D eigenvalue weighted by atomic mass is 10.1. The Labute approximate surface area is 103 Å². The van der Waals surface area contributed by atoms with Crippen molar-refractivity contribution in [3.8, 4) is 0 Å². The molecule has 0 aliphatic rings. The SMILES string of the molecule is O=C(Cc1ccccc1F)NCC[C@H](O)C(=O)O. The van der Waals surface area contributed by atoms with Gasteiger partial charge in [0, 0.05) is 13.0 Å². The Bertz CT molecular complexity index is 436. The van der Waals surface area contributed by atoms with E-state index in [9.17, 15) is 14.0 Å². The van der Waals surface area contributed by atoms with Gasteiger partial charge in [0.2, 0.25) is 5.91 Å². The van der Waals surface area contributed by atoms with Crippen LogP contribution in [0.15, 0.2) is 24.3 Å². The van der Waals surface area contributed by atoms with E-state index >= 15 is 0 Å². The Hall–Kier alpha value is -1.95. The summed E-state index contributed by atoms with van der Waals surface area (Å²) in [5.41, 5.74) is 0.272. The van der Waals surface area contributed by atoms with Crippen molar-refractivity contribution in [2.24, 2.45) is 0 Å². The maximum absolute atomic E-state index is 13.2. The van der Waals surface area contributed by atoms with Crippen LogP contribution < -0.4 is 5.32 Å². The van der Waals surface area contributed by atoms with E-state index in [1.165, 1.54) is 18.2 Å². The van der Waals surface area contributed by atoms with Gasteiger partial charge in [0.05, 0.1) is 6.42 Å². The van der Waals surface area contributed by atoms with Gasteiger partial charge in [-0.2, -0.15) is 0 Å². The zero-order valence-electron chi connectivity index (χ0n) is 9.60. The molecule has 0 aromatic heterocycles. The molecule has 0 fully saturated rings. The third kappa shape index (κ3) is 4.50. The largest absolute Gasteiger partial charge is 0.479 e. The van der Waals surface area contributed by atoms with Crippen LogP contribution in [0.2, 0.25) is 0 Å². The quantitative estimate of drug-likeness (QED) is 0.683. The first-order valence-corrected chi connectivity index (χ1v) is 5.41. The van der Waals surface area contributed by atoms with Crippen molar-refractivity contribution in [3.63, 3.8) is 0 Å². The van der Waals surface area contributed by atoms with Gasteiger partial charge < -0.3 is 15.5 Å². The van der Waals surface area contributed by atoms with Gasteiger partial charge in [0.25, 0.3) is 0 Å². The van der Waals surface area contributed by atoms with Crippen LogP contribution in [-0.2, 0) is 16.0 Å². The van der Waals surface area contributed by atoms with Crippen LogP contribution in [0.5, 0.6) is 0 Å². The monoisotopic (exact) mass is 255 g/mol. The average Bonchev–Trinajstić information content (AvgIpc) is 2.32. The van der Waals surface area contributed by atoms with Gasteiger partial charge in [0.1, 0.15) is 5.82 Å². The topological polar surface area (TPSA) is 86.6 Å². The lowest BCUT2D eigenvalue weighted by Gasteiger charge is -2.07. The highest BCUT2D eigenvalue weighted by Crippen LogP contribution is 2.06. The number of carboxylic acid groups (broad SMARTS) is 1. The Morgan fingerprint density at radius 2 is 2.00 bits per heavy atom. The number of benzene rings is 1. The van der Waals surface area contributed by atoms with Gasteiger partial charge >= 0.3 is 5.97 Å². The molecular weight excluding hydrogens is 241 g/mol. The molecule has 3 N–H and O–H groups in total. The Balaban J connectivity index is 2.35. The molecular formula is C12H14FNO4. The summed E-state index contributed by atoms with van der Waals surface area (Å²) in [5.74, 6) is -2.21. The second kappa shape index (κ2) is 6.70. The van der Waals surface area contributed by atoms with Gasteiger partial charge in [-0.15, -0.1) is 0 Å². The summed E-state index contributed by atoms with van der Waals surface area (Å²) in [6, 6.07) is 5.91. The predicted molar refractivity (Wildman–Crippen MR) is 61.4 cm³/mol. The van der Waals surface area contributed by atoms with Gasteiger partial charge in [-0.05, 0) is 11.6 Å². The molecule has 98 valence electrons. The molecule has 0 radical (unpaired) electrons. The maximum atomic E-state index is 13.2. The van der Waals surface area contributed by atoms with Crippen LogP contribution in [0.1, 0.15) is 12.0 Å². The van der Waals surface area contributed by atoms with Crippen LogP contribution in [0.3, 0.4) is 0 Å². The number of aliphatic hydroxyl groups excluding tert-OH is 1. The third-order valence-electron chi connectivity index (χ3n) is 2.33. The Morgan fingerprint density at radius 1 is 1.33 bits per heavy atom. The molecule has 1 amide bonds. The summed E-state index contributed by atoms with van der Waals surface area (Å²) in [6.07, 6.45) is -1.70. The van der Waals surface area contributed by atoms with E-state index in [4.69, 9.17) is 10.2 Å². The number of aliphatic carboxylic acids is 1. The minimum Gasteiger partial charge on any atom is -0.479 e. The number of carbonyl (C=O) groups excluding carboxylic acids is 1. The molecule has 1 aromatic carbocycles. The van der Waals surface area contributed by atoms with Gasteiger partial charge in [-0.25, -0.2) is 9.18 Å². The molecule has 1 atom stereocenters. The highest BCUT2D eigenvalue weighted by molar-refractivity contribution is 5.78. The number of aliphatic hydroxyl groups is 1. The molecule has 0 saturated carbocycles. The number of carbonyl (C=O) groups is 2. The zero-order valence-corrected chi connectivity index (χ0v) is 9.60. The van der Waals surface area contributed by atoms with E-state index in [1.54, 1.807) is 6.07 Å². The molecule has 6 heteroatoms. The zero-order chi connectivity index (χ0) is 13.5. The van der Waals surface area contributed by atoms with Crippen molar-refractivity contribution in [1.82, 2.24) is 5.32 Å². The number of nitrogens with one attached hydrogen (secondary N) is 1. The lowest BCUT2D eigenvalue weighted by molar-refractivity contribution is -0.147. The molecule has 0 unspecified atom stereocenters. The molecule has 0 aliphatic heterocycles. The second-order valence-electron chi connectivity index (χ2n) is 3.76. The Kier molecular flexibility index (Phi) is 5.26. The molecule has 0 bridgehead atoms. The van der Waals surface area contributed by atoms with Crippen LogP contribution in [0.4, 0.5) is 4.39 Å². The van der Waals surface area contributed by atoms with E-state index in [2.05, 4.69) is 5.32 Å². The average molecular weight is 255 g/mol. The highest BCUT2D eigenvalue weighted by atomic mass is 19.1. The van der Waals surface area contributed by atoms with Crippen molar-refractivity contribution in [2.75, 3.05) is 6.54 Å². The number of rotatable bonds is 6. The molecule has 1 rings (SSSR count). The number of carboxylic acids is 1. The molecule has 1 aromatic rings. The third-order valence-corrected chi connectivity index (χ3v) is 2.33. The summed E-state index contributed by atoms with van der Waals surface area (Å²) in [5, 5.41) is 19.8. The Morgan fingerprint density at radius 3 is 2.61 bits per heavy atom. The standard InChI is InChI=1S/C12H14FNO4/c13-9-4-2-1-3-8(9)7-11(16)14-6-5-10(15)12(17)18/h1-4,10,15H,5-7H2,(H,14,16)(H,17,18)/t10-/m0/s1. The lowest BCUT2D eigenvalue weighted by Crippen LogP contribution is -2.31. The smallest absolute Gasteiger partial charge is 0.332 e. The van der Waals surface area contributed by atoms with Crippen LogP contribution in [0.25, 0.3) is 0 Å². The molecule has 18 heavy (non-hydrogen) atoms. The fraction of sp³-hybridized carbons (Fsp3) is 0.333. The molecule has 0 aliphatic carbocycles. The van der Waals surface area contributed by atoms with Crippen molar-refractivity contribution in [3.05, 3.63) is 35.6 Å². The fourth-order valence-electron chi connectivity index (χ4n) is 1.35. The van der Waals surface area contributed by atoms with Crippen molar-refractivity contribution in [1.29, 1.82) is 0 Å². The van der Waals surface area contributed by atoms with Gasteiger partial charge in [0.15, 0.2) is 6.10 Å². The molecule has 0 spiro atoms. The normalized spacial score (nSPS) is 11.9. The number of amides is 1. The molecule has 5 nitrogen and oxygen atoms in total. The van der Waals surface area contributed by atoms with E-state index in [0.29, 0.717) is 0 Å². The highest BCUT2D eigenvalue weighted by Gasteiger charge is 2.13. The molecule has 0 saturated heterocycles. The number of hydrogen-bond acceptors (Lipinski definition) is 3. The van der Waals surface area contributed by atoms with Crippen LogP contribution >= 0.6 is 0 Å².